The van der Waals surface area contributed by atoms with Crippen LogP contribution in [0, 0.1) is 0 Å². The lowest BCUT2D eigenvalue weighted by atomic mass is 9.99. The highest BCUT2D eigenvalue weighted by Gasteiger charge is 2.26. The van der Waals surface area contributed by atoms with Gasteiger partial charge in [0.25, 0.3) is 5.91 Å². The van der Waals surface area contributed by atoms with Crippen LogP contribution in [0.25, 0.3) is 0 Å². The minimum Gasteiger partial charge on any atom is -0.493 e. The summed E-state index contributed by atoms with van der Waals surface area (Å²) in [5.41, 5.74) is 9.15. The second kappa shape index (κ2) is 7.87. The molecule has 0 aliphatic carbocycles. The molecule has 2 N–H and O–H groups in total. The van der Waals surface area contributed by atoms with Gasteiger partial charge >= 0.3 is 0 Å². The van der Waals surface area contributed by atoms with Crippen molar-refractivity contribution in [2.45, 2.75) is 26.2 Å². The summed E-state index contributed by atoms with van der Waals surface area (Å²) in [5.74, 6) is 0.800. The van der Waals surface area contributed by atoms with Crippen LogP contribution in [0.15, 0.2) is 30.3 Å². The van der Waals surface area contributed by atoms with Gasteiger partial charge in [-0.1, -0.05) is 24.6 Å². The highest BCUT2D eigenvalue weighted by molar-refractivity contribution is 6.32. The summed E-state index contributed by atoms with van der Waals surface area (Å²) in [4.78, 5) is 14.9. The van der Waals surface area contributed by atoms with Gasteiger partial charge in [0.1, 0.15) is 0 Å². The van der Waals surface area contributed by atoms with E-state index in [0.29, 0.717) is 35.2 Å². The maximum absolute atomic E-state index is 13.1. The molecule has 2 aromatic carbocycles. The fraction of sp³-hybridized carbons (Fsp3) is 0.350. The summed E-state index contributed by atoms with van der Waals surface area (Å²) in [6, 6.07) is 8.99. The first-order valence-corrected chi connectivity index (χ1v) is 9.14. The number of carbonyl (C=O) groups is 1. The molecule has 1 aliphatic heterocycles. The van der Waals surface area contributed by atoms with Gasteiger partial charge in [-0.3, -0.25) is 4.79 Å². The summed E-state index contributed by atoms with van der Waals surface area (Å²) in [7, 11) is 1.54. The summed E-state index contributed by atoms with van der Waals surface area (Å²) in [5, 5.41) is 0.367. The van der Waals surface area contributed by atoms with Crippen LogP contribution in [-0.4, -0.2) is 26.2 Å². The number of benzene rings is 2. The van der Waals surface area contributed by atoms with Gasteiger partial charge in [0.05, 0.1) is 18.7 Å². The molecule has 6 heteroatoms. The van der Waals surface area contributed by atoms with Crippen LogP contribution in [-0.2, 0) is 6.42 Å². The number of fused-ring (bicyclic) bond motifs is 1. The van der Waals surface area contributed by atoms with Crippen LogP contribution in [0.4, 0.5) is 11.4 Å². The molecule has 0 spiro atoms. The quantitative estimate of drug-likeness (QED) is 0.792. The minimum absolute atomic E-state index is 0.126. The maximum Gasteiger partial charge on any atom is 0.258 e. The molecule has 0 aromatic heterocycles. The summed E-state index contributed by atoms with van der Waals surface area (Å²) >= 11 is 6.36. The third kappa shape index (κ3) is 3.44. The lowest BCUT2D eigenvalue weighted by molar-refractivity contribution is 0.0984. The number of nitrogen functional groups attached to an aromatic ring is 1. The van der Waals surface area contributed by atoms with Crippen LogP contribution in [0.5, 0.6) is 11.5 Å². The van der Waals surface area contributed by atoms with Crippen molar-refractivity contribution in [1.29, 1.82) is 0 Å². The van der Waals surface area contributed by atoms with E-state index in [9.17, 15) is 4.79 Å². The molecular formula is C20H23ClN2O3. The van der Waals surface area contributed by atoms with E-state index in [0.717, 1.165) is 36.2 Å². The molecule has 0 atom stereocenters. The first-order chi connectivity index (χ1) is 12.6. The summed E-state index contributed by atoms with van der Waals surface area (Å²) in [6.45, 7) is 3.18. The highest BCUT2D eigenvalue weighted by atomic mass is 35.5. The van der Waals surface area contributed by atoms with Gasteiger partial charge in [-0.15, -0.1) is 0 Å². The number of hydrogen-bond acceptors (Lipinski definition) is 4. The Balaban J connectivity index is 1.97. The maximum atomic E-state index is 13.1. The minimum atomic E-state index is -0.126. The number of ether oxygens (including phenoxy) is 2. The van der Waals surface area contributed by atoms with Crippen LogP contribution >= 0.6 is 11.6 Å². The van der Waals surface area contributed by atoms with E-state index in [1.54, 1.807) is 17.0 Å². The van der Waals surface area contributed by atoms with Crippen LogP contribution < -0.4 is 20.1 Å². The average molecular weight is 375 g/mol. The van der Waals surface area contributed by atoms with Crippen molar-refractivity contribution in [1.82, 2.24) is 0 Å². The SMILES string of the molecule is CCCOc1c(Cl)cc(C(=O)N2CCCc3c(N)cccc32)cc1OC. The van der Waals surface area contributed by atoms with E-state index in [-0.39, 0.29) is 5.91 Å². The predicted octanol–water partition coefficient (Wildman–Crippen LogP) is 4.31. The van der Waals surface area contributed by atoms with Crippen molar-refractivity contribution in [3.8, 4) is 11.5 Å². The van der Waals surface area contributed by atoms with Gasteiger partial charge in [-0.25, -0.2) is 0 Å². The molecule has 5 nitrogen and oxygen atoms in total. The standard InChI is InChI=1S/C20H23ClN2O3/c1-3-10-26-19-15(21)11-13(12-18(19)25-2)20(24)23-9-5-6-14-16(22)7-4-8-17(14)23/h4,7-8,11-12H,3,5-6,9-10,22H2,1-2H3. The van der Waals surface area contributed by atoms with Gasteiger partial charge < -0.3 is 20.1 Å². The molecule has 1 amide bonds. The van der Waals surface area contributed by atoms with Crippen molar-refractivity contribution < 1.29 is 14.3 Å². The smallest absolute Gasteiger partial charge is 0.258 e. The van der Waals surface area contributed by atoms with E-state index >= 15 is 0 Å². The molecule has 3 rings (SSSR count). The van der Waals surface area contributed by atoms with Crippen LogP contribution in [0.2, 0.25) is 5.02 Å². The van der Waals surface area contributed by atoms with Gasteiger partial charge in [0, 0.05) is 23.5 Å². The first-order valence-electron chi connectivity index (χ1n) is 8.76. The van der Waals surface area contributed by atoms with E-state index in [1.165, 1.54) is 7.11 Å². The molecular weight excluding hydrogens is 352 g/mol. The Hall–Kier alpha value is -2.40. The fourth-order valence-electron chi connectivity index (χ4n) is 3.21. The van der Waals surface area contributed by atoms with Crippen molar-refractivity contribution in [3.63, 3.8) is 0 Å². The molecule has 0 radical (unpaired) electrons. The zero-order chi connectivity index (χ0) is 18.7. The van der Waals surface area contributed by atoms with E-state index < -0.39 is 0 Å². The Labute approximate surface area is 158 Å². The van der Waals surface area contributed by atoms with E-state index in [1.807, 2.05) is 25.1 Å². The average Bonchev–Trinajstić information content (AvgIpc) is 2.66. The molecule has 0 saturated carbocycles. The van der Waals surface area contributed by atoms with Gasteiger partial charge in [-0.05, 0) is 49.1 Å². The number of halogens is 1. The lowest BCUT2D eigenvalue weighted by Crippen LogP contribution is -2.35. The van der Waals surface area contributed by atoms with E-state index in [4.69, 9.17) is 26.8 Å². The highest BCUT2D eigenvalue weighted by Crippen LogP contribution is 2.38. The largest absolute Gasteiger partial charge is 0.493 e. The van der Waals surface area contributed by atoms with Crippen molar-refractivity contribution in [2.24, 2.45) is 0 Å². The Morgan fingerprint density at radius 1 is 1.35 bits per heavy atom. The third-order valence-corrected chi connectivity index (χ3v) is 4.74. The van der Waals surface area contributed by atoms with Crippen molar-refractivity contribution in [3.05, 3.63) is 46.5 Å². The second-order valence-electron chi connectivity index (χ2n) is 6.24. The topological polar surface area (TPSA) is 64.8 Å². The first kappa shape index (κ1) is 18.4. The summed E-state index contributed by atoms with van der Waals surface area (Å²) < 4.78 is 11.1. The molecule has 1 aliphatic rings. The molecule has 26 heavy (non-hydrogen) atoms. The van der Waals surface area contributed by atoms with Crippen molar-refractivity contribution >= 4 is 28.9 Å². The van der Waals surface area contributed by atoms with Gasteiger partial charge in [-0.2, -0.15) is 0 Å². The molecule has 0 saturated heterocycles. The number of amides is 1. The Kier molecular flexibility index (Phi) is 5.57. The van der Waals surface area contributed by atoms with Crippen LogP contribution in [0.3, 0.4) is 0 Å². The number of methoxy groups -OCH3 is 1. The zero-order valence-electron chi connectivity index (χ0n) is 15.0. The Bertz CT molecular complexity index is 823. The second-order valence-corrected chi connectivity index (χ2v) is 6.65. The number of rotatable bonds is 5. The number of hydrogen-bond donors (Lipinski definition) is 1. The summed E-state index contributed by atoms with van der Waals surface area (Å²) in [6.07, 6.45) is 2.60. The number of nitrogens with two attached hydrogens (primary N) is 1. The number of nitrogens with zero attached hydrogens (tertiary/aromatic N) is 1. The Morgan fingerprint density at radius 3 is 2.88 bits per heavy atom. The number of carbonyl (C=O) groups excluding carboxylic acids is 1. The molecule has 0 fully saturated rings. The normalized spacial score (nSPS) is 13.3. The molecule has 0 unspecified atom stereocenters. The lowest BCUT2D eigenvalue weighted by Gasteiger charge is -2.30. The van der Waals surface area contributed by atoms with Crippen LogP contribution in [0.1, 0.15) is 35.7 Å². The molecule has 1 heterocycles. The van der Waals surface area contributed by atoms with Gasteiger partial charge in [0.15, 0.2) is 11.5 Å². The number of anilines is 2. The predicted molar refractivity (Wildman–Crippen MR) is 105 cm³/mol. The molecule has 138 valence electrons. The Morgan fingerprint density at radius 2 is 2.15 bits per heavy atom. The fourth-order valence-corrected chi connectivity index (χ4v) is 3.47. The van der Waals surface area contributed by atoms with Gasteiger partial charge in [0.2, 0.25) is 0 Å². The monoisotopic (exact) mass is 374 g/mol. The third-order valence-electron chi connectivity index (χ3n) is 4.46. The molecule has 2 aromatic rings. The van der Waals surface area contributed by atoms with E-state index in [2.05, 4.69) is 0 Å². The van der Waals surface area contributed by atoms with Crippen molar-refractivity contribution in [2.75, 3.05) is 30.9 Å². The zero-order valence-corrected chi connectivity index (χ0v) is 15.8. The molecule has 0 bridgehead atoms.